The maximum Gasteiger partial charge on any atom is 0.320 e. The number of likely N-dealkylation sites (tertiary alicyclic amines) is 1. The molecule has 3 aliphatic heterocycles. The van der Waals surface area contributed by atoms with Gasteiger partial charge in [0.15, 0.2) is 0 Å². The number of nitrogens with zero attached hydrogens (tertiary/aromatic N) is 4. The maximum absolute atomic E-state index is 12.9. The van der Waals surface area contributed by atoms with E-state index in [1.807, 2.05) is 0 Å². The zero-order valence-corrected chi connectivity index (χ0v) is 15.5. The Morgan fingerprint density at radius 1 is 0.958 bits per heavy atom. The van der Waals surface area contributed by atoms with Crippen molar-refractivity contribution in [2.45, 2.75) is 45.2 Å². The third-order valence-corrected chi connectivity index (χ3v) is 5.77. The fourth-order valence-electron chi connectivity index (χ4n) is 4.20. The molecule has 6 nitrogen and oxygen atoms in total. The summed E-state index contributed by atoms with van der Waals surface area (Å²) in [5.74, 6) is 0. The van der Waals surface area contributed by atoms with E-state index in [-0.39, 0.29) is 6.03 Å². The molecule has 1 atom stereocenters. The number of hydrogen-bond donors (Lipinski definition) is 1. The van der Waals surface area contributed by atoms with Crippen LogP contribution in [0.2, 0.25) is 0 Å². The molecule has 1 N–H and O–H groups in total. The summed E-state index contributed by atoms with van der Waals surface area (Å²) in [6, 6.07) is 1.26. The third kappa shape index (κ3) is 4.61. The van der Waals surface area contributed by atoms with Gasteiger partial charge in [-0.2, -0.15) is 0 Å². The Hall–Kier alpha value is -0.850. The molecule has 0 radical (unpaired) electrons. The minimum Gasteiger partial charge on any atom is -0.322 e. The first-order valence-corrected chi connectivity index (χ1v) is 9.87. The highest BCUT2D eigenvalue weighted by atomic mass is 16.2. The molecule has 3 saturated heterocycles. The topological polar surface area (TPSA) is 42.1 Å². The van der Waals surface area contributed by atoms with E-state index in [2.05, 4.69) is 38.8 Å². The molecule has 0 aromatic rings. The standard InChI is InChI=1S/C18H35N5O/c1-16(2)21-10-12-22(13-11-21)18(24)23-9-6-19-17(15-23)14-20-7-4-3-5-8-20/h16-17,19H,3-15H2,1-2H3. The van der Waals surface area contributed by atoms with Crippen molar-refractivity contribution in [3.05, 3.63) is 0 Å². The quantitative estimate of drug-likeness (QED) is 0.831. The van der Waals surface area contributed by atoms with Crippen molar-refractivity contribution in [3.8, 4) is 0 Å². The Bertz CT molecular complexity index is 402. The van der Waals surface area contributed by atoms with Gasteiger partial charge in [-0.3, -0.25) is 4.90 Å². The molecule has 6 heteroatoms. The first-order valence-electron chi connectivity index (χ1n) is 9.87. The van der Waals surface area contributed by atoms with Crippen LogP contribution in [-0.4, -0.2) is 103 Å². The molecular weight excluding hydrogens is 302 g/mol. The Morgan fingerprint density at radius 2 is 1.67 bits per heavy atom. The molecule has 0 spiro atoms. The van der Waals surface area contributed by atoms with Gasteiger partial charge < -0.3 is 20.0 Å². The van der Waals surface area contributed by atoms with Crippen molar-refractivity contribution >= 4 is 6.03 Å². The number of piperazine rings is 2. The molecule has 0 saturated carbocycles. The van der Waals surface area contributed by atoms with Gasteiger partial charge in [-0.15, -0.1) is 0 Å². The van der Waals surface area contributed by atoms with Crippen LogP contribution in [0.5, 0.6) is 0 Å². The summed E-state index contributed by atoms with van der Waals surface area (Å²) in [5.41, 5.74) is 0. The summed E-state index contributed by atoms with van der Waals surface area (Å²) in [6.45, 7) is 14.4. The van der Waals surface area contributed by atoms with Crippen molar-refractivity contribution in [1.29, 1.82) is 0 Å². The Labute approximate surface area is 147 Å². The fourth-order valence-corrected chi connectivity index (χ4v) is 4.20. The second kappa shape index (κ2) is 8.50. The van der Waals surface area contributed by atoms with E-state index in [1.54, 1.807) is 0 Å². The third-order valence-electron chi connectivity index (χ3n) is 5.77. The molecule has 1 unspecified atom stereocenters. The monoisotopic (exact) mass is 337 g/mol. The Balaban J connectivity index is 1.46. The molecule has 0 aromatic carbocycles. The van der Waals surface area contributed by atoms with Crippen LogP contribution in [0.3, 0.4) is 0 Å². The van der Waals surface area contributed by atoms with E-state index in [9.17, 15) is 4.79 Å². The summed E-state index contributed by atoms with van der Waals surface area (Å²) in [6.07, 6.45) is 4.03. The molecule has 2 amide bonds. The van der Waals surface area contributed by atoms with Crippen molar-refractivity contribution in [2.24, 2.45) is 0 Å². The Morgan fingerprint density at radius 3 is 2.33 bits per heavy atom. The summed E-state index contributed by atoms with van der Waals surface area (Å²) in [7, 11) is 0. The van der Waals surface area contributed by atoms with Crippen molar-refractivity contribution in [2.75, 3.05) is 65.4 Å². The number of carbonyl (C=O) groups is 1. The van der Waals surface area contributed by atoms with Gasteiger partial charge in [0.05, 0.1) is 0 Å². The average molecular weight is 338 g/mol. The lowest BCUT2D eigenvalue weighted by Gasteiger charge is -2.42. The molecule has 0 aromatic heterocycles. The first-order chi connectivity index (χ1) is 11.6. The highest BCUT2D eigenvalue weighted by Crippen LogP contribution is 2.13. The van der Waals surface area contributed by atoms with Crippen LogP contribution in [0.25, 0.3) is 0 Å². The van der Waals surface area contributed by atoms with Crippen LogP contribution in [-0.2, 0) is 0 Å². The maximum atomic E-state index is 12.9. The van der Waals surface area contributed by atoms with Crippen LogP contribution in [0.4, 0.5) is 4.79 Å². The minimum absolute atomic E-state index is 0.253. The largest absolute Gasteiger partial charge is 0.322 e. The van der Waals surface area contributed by atoms with Gasteiger partial charge in [0, 0.05) is 64.4 Å². The molecule has 0 aliphatic carbocycles. The second-order valence-corrected chi connectivity index (χ2v) is 7.86. The lowest BCUT2D eigenvalue weighted by molar-refractivity contribution is 0.0876. The van der Waals surface area contributed by atoms with Crippen molar-refractivity contribution < 1.29 is 4.79 Å². The zero-order chi connectivity index (χ0) is 16.9. The molecule has 3 fully saturated rings. The number of urea groups is 1. The number of rotatable bonds is 3. The van der Waals surface area contributed by atoms with Crippen molar-refractivity contribution in [1.82, 2.24) is 24.9 Å². The number of nitrogens with one attached hydrogen (secondary N) is 1. The van der Waals surface area contributed by atoms with Gasteiger partial charge in [0.25, 0.3) is 0 Å². The summed E-state index contributed by atoms with van der Waals surface area (Å²) in [5, 5.41) is 3.61. The van der Waals surface area contributed by atoms with Gasteiger partial charge in [-0.25, -0.2) is 4.79 Å². The van der Waals surface area contributed by atoms with Crippen LogP contribution in [0.1, 0.15) is 33.1 Å². The van der Waals surface area contributed by atoms with E-state index < -0.39 is 0 Å². The van der Waals surface area contributed by atoms with Gasteiger partial charge in [-0.1, -0.05) is 6.42 Å². The van der Waals surface area contributed by atoms with E-state index in [1.165, 1.54) is 32.4 Å². The van der Waals surface area contributed by atoms with E-state index >= 15 is 0 Å². The smallest absolute Gasteiger partial charge is 0.320 e. The molecule has 24 heavy (non-hydrogen) atoms. The molecule has 138 valence electrons. The van der Waals surface area contributed by atoms with Crippen LogP contribution < -0.4 is 5.32 Å². The van der Waals surface area contributed by atoms with Crippen LogP contribution in [0.15, 0.2) is 0 Å². The van der Waals surface area contributed by atoms with E-state index in [0.29, 0.717) is 12.1 Å². The zero-order valence-electron chi connectivity index (χ0n) is 15.5. The molecule has 3 rings (SSSR count). The van der Waals surface area contributed by atoms with Gasteiger partial charge >= 0.3 is 6.03 Å². The highest BCUT2D eigenvalue weighted by molar-refractivity contribution is 5.74. The lowest BCUT2D eigenvalue weighted by atomic mass is 10.1. The highest BCUT2D eigenvalue weighted by Gasteiger charge is 2.30. The van der Waals surface area contributed by atoms with E-state index in [4.69, 9.17) is 0 Å². The number of amides is 2. The van der Waals surface area contributed by atoms with E-state index in [0.717, 1.165) is 52.4 Å². The predicted molar refractivity (Wildman–Crippen MR) is 97.3 cm³/mol. The molecule has 0 bridgehead atoms. The van der Waals surface area contributed by atoms with Crippen molar-refractivity contribution in [3.63, 3.8) is 0 Å². The predicted octanol–water partition coefficient (Wildman–Crippen LogP) is 0.892. The molecule has 3 aliphatic rings. The number of piperidine rings is 1. The molecule has 3 heterocycles. The van der Waals surface area contributed by atoms with Crippen LogP contribution in [0, 0.1) is 0 Å². The van der Waals surface area contributed by atoms with Gasteiger partial charge in [0.1, 0.15) is 0 Å². The Kier molecular flexibility index (Phi) is 6.36. The SMILES string of the molecule is CC(C)N1CCN(C(=O)N2CCNC(CN3CCCCC3)C2)CC1. The first kappa shape index (κ1) is 18.0. The summed E-state index contributed by atoms with van der Waals surface area (Å²) in [4.78, 5) is 22.0. The average Bonchev–Trinajstić information content (AvgIpc) is 2.62. The second-order valence-electron chi connectivity index (χ2n) is 7.86. The van der Waals surface area contributed by atoms with Gasteiger partial charge in [-0.05, 0) is 39.8 Å². The van der Waals surface area contributed by atoms with Crippen LogP contribution >= 0.6 is 0 Å². The summed E-state index contributed by atoms with van der Waals surface area (Å²) < 4.78 is 0. The van der Waals surface area contributed by atoms with Gasteiger partial charge in [0.2, 0.25) is 0 Å². The normalized spacial score (nSPS) is 27.7. The summed E-state index contributed by atoms with van der Waals surface area (Å²) >= 11 is 0. The number of hydrogen-bond acceptors (Lipinski definition) is 4. The fraction of sp³-hybridized carbons (Fsp3) is 0.944. The minimum atomic E-state index is 0.253. The number of carbonyl (C=O) groups excluding carboxylic acids is 1. The lowest BCUT2D eigenvalue weighted by Crippen LogP contribution is -2.61. The molecular formula is C18H35N5O.